The number of amides is 1. The van der Waals surface area contributed by atoms with Crippen LogP contribution in [0.15, 0.2) is 103 Å². The molecule has 0 saturated carbocycles. The van der Waals surface area contributed by atoms with E-state index >= 15 is 0 Å². The van der Waals surface area contributed by atoms with Crippen molar-refractivity contribution in [3.63, 3.8) is 0 Å². The van der Waals surface area contributed by atoms with E-state index in [4.69, 9.17) is 0 Å². The lowest BCUT2D eigenvalue weighted by Crippen LogP contribution is -2.11. The highest BCUT2D eigenvalue weighted by atomic mass is 16.1. The van der Waals surface area contributed by atoms with Crippen LogP contribution in [0.5, 0.6) is 0 Å². The number of hydrogen-bond donors (Lipinski definition) is 2. The fourth-order valence-electron chi connectivity index (χ4n) is 4.24. The van der Waals surface area contributed by atoms with Crippen LogP contribution in [-0.4, -0.2) is 15.9 Å². The van der Waals surface area contributed by atoms with E-state index in [1.165, 1.54) is 5.39 Å². The van der Waals surface area contributed by atoms with E-state index in [1.807, 2.05) is 91.1 Å². The van der Waals surface area contributed by atoms with Crippen molar-refractivity contribution < 1.29 is 4.79 Å². The number of hydrogen-bond acceptors (Lipinski definition) is 2. The number of nitrogens with one attached hydrogen (secondary N) is 2. The summed E-state index contributed by atoms with van der Waals surface area (Å²) in [5.74, 6) is -0.126. The quantitative estimate of drug-likeness (QED) is 0.336. The summed E-state index contributed by atoms with van der Waals surface area (Å²) in [6.07, 6.45) is 1.84. The molecule has 0 spiro atoms. The first-order chi connectivity index (χ1) is 15.8. The van der Waals surface area contributed by atoms with Gasteiger partial charge in [0.1, 0.15) is 0 Å². The third kappa shape index (κ3) is 3.10. The first kappa shape index (κ1) is 18.3. The lowest BCUT2D eigenvalue weighted by molar-refractivity contribution is 0.102. The minimum Gasteiger partial charge on any atom is -0.353 e. The maximum absolute atomic E-state index is 12.8. The van der Waals surface area contributed by atoms with E-state index in [-0.39, 0.29) is 5.91 Å². The Morgan fingerprint density at radius 1 is 0.750 bits per heavy atom. The van der Waals surface area contributed by atoms with Crippen LogP contribution < -0.4 is 5.32 Å². The number of aromatic amines is 1. The Morgan fingerprint density at radius 3 is 2.41 bits per heavy atom. The normalized spacial score (nSPS) is 11.2. The summed E-state index contributed by atoms with van der Waals surface area (Å²) in [6.45, 7) is 0. The van der Waals surface area contributed by atoms with Crippen LogP contribution >= 0.6 is 0 Å². The van der Waals surface area contributed by atoms with E-state index in [0.717, 1.165) is 44.1 Å². The Hall–Kier alpha value is -4.44. The van der Waals surface area contributed by atoms with Gasteiger partial charge in [-0.15, -0.1) is 0 Å². The SMILES string of the molecule is O=C(Nc1ccc(-c2nccc3c2[nH]c2ccccc23)cc1)c1ccc2ccccc2c1. The topological polar surface area (TPSA) is 57.8 Å². The molecule has 0 aliphatic rings. The summed E-state index contributed by atoms with van der Waals surface area (Å²) in [5, 5.41) is 7.50. The van der Waals surface area contributed by atoms with E-state index < -0.39 is 0 Å². The van der Waals surface area contributed by atoms with Gasteiger partial charge in [0.2, 0.25) is 0 Å². The Bertz CT molecular complexity index is 1610. The van der Waals surface area contributed by atoms with Crippen LogP contribution in [0.1, 0.15) is 10.4 Å². The van der Waals surface area contributed by atoms with Gasteiger partial charge in [-0.2, -0.15) is 0 Å². The third-order valence-corrected chi connectivity index (χ3v) is 5.86. The number of benzene rings is 4. The molecule has 0 atom stereocenters. The van der Waals surface area contributed by atoms with Crippen LogP contribution in [0.25, 0.3) is 43.8 Å². The molecular formula is C28H19N3O. The molecule has 4 nitrogen and oxygen atoms in total. The van der Waals surface area contributed by atoms with E-state index in [9.17, 15) is 4.79 Å². The largest absolute Gasteiger partial charge is 0.353 e. The first-order valence-corrected chi connectivity index (χ1v) is 10.5. The monoisotopic (exact) mass is 413 g/mol. The highest BCUT2D eigenvalue weighted by Crippen LogP contribution is 2.32. The maximum Gasteiger partial charge on any atom is 0.255 e. The molecular weight excluding hydrogens is 394 g/mol. The number of anilines is 1. The molecule has 0 unspecified atom stereocenters. The van der Waals surface area contributed by atoms with E-state index in [0.29, 0.717) is 5.56 Å². The third-order valence-electron chi connectivity index (χ3n) is 5.86. The lowest BCUT2D eigenvalue weighted by atomic mass is 10.1. The molecule has 2 heterocycles. The number of rotatable bonds is 3. The van der Waals surface area contributed by atoms with E-state index in [2.05, 4.69) is 27.4 Å². The van der Waals surface area contributed by atoms with Gasteiger partial charge in [-0.25, -0.2) is 0 Å². The molecule has 6 rings (SSSR count). The van der Waals surface area contributed by atoms with Crippen molar-refractivity contribution in [2.24, 2.45) is 0 Å². The molecule has 4 aromatic carbocycles. The molecule has 0 radical (unpaired) electrons. The van der Waals surface area contributed by atoms with Crippen molar-refractivity contribution in [3.8, 4) is 11.3 Å². The van der Waals surface area contributed by atoms with Gasteiger partial charge in [0, 0.05) is 39.3 Å². The van der Waals surface area contributed by atoms with Crippen molar-refractivity contribution in [1.29, 1.82) is 0 Å². The zero-order valence-corrected chi connectivity index (χ0v) is 17.2. The molecule has 152 valence electrons. The number of H-pyrrole nitrogens is 1. The first-order valence-electron chi connectivity index (χ1n) is 10.5. The Balaban J connectivity index is 1.30. The van der Waals surface area contributed by atoms with Gasteiger partial charge in [-0.05, 0) is 47.2 Å². The van der Waals surface area contributed by atoms with Crippen molar-refractivity contribution in [3.05, 3.63) is 109 Å². The van der Waals surface area contributed by atoms with Gasteiger partial charge in [-0.1, -0.05) is 60.7 Å². The molecule has 2 aromatic heterocycles. The number of fused-ring (bicyclic) bond motifs is 4. The molecule has 6 aromatic rings. The molecule has 0 aliphatic heterocycles. The number of nitrogens with zero attached hydrogens (tertiary/aromatic N) is 1. The molecule has 0 bridgehead atoms. The van der Waals surface area contributed by atoms with Gasteiger partial charge in [0.05, 0.1) is 11.2 Å². The van der Waals surface area contributed by atoms with Gasteiger partial charge in [0.15, 0.2) is 0 Å². The second kappa shape index (κ2) is 7.36. The smallest absolute Gasteiger partial charge is 0.255 e. The van der Waals surface area contributed by atoms with Crippen LogP contribution in [0.2, 0.25) is 0 Å². The van der Waals surface area contributed by atoms with Crippen molar-refractivity contribution in [2.45, 2.75) is 0 Å². The summed E-state index contributed by atoms with van der Waals surface area (Å²) >= 11 is 0. The Morgan fingerprint density at radius 2 is 1.53 bits per heavy atom. The zero-order chi connectivity index (χ0) is 21.5. The second-order valence-corrected chi connectivity index (χ2v) is 7.85. The lowest BCUT2D eigenvalue weighted by Gasteiger charge is -2.08. The number of carbonyl (C=O) groups excluding carboxylic acids is 1. The van der Waals surface area contributed by atoms with Gasteiger partial charge >= 0.3 is 0 Å². The van der Waals surface area contributed by atoms with Crippen molar-refractivity contribution >= 4 is 44.2 Å². The molecule has 4 heteroatoms. The highest BCUT2D eigenvalue weighted by molar-refractivity contribution is 6.11. The van der Waals surface area contributed by atoms with Gasteiger partial charge in [0.25, 0.3) is 5.91 Å². The molecule has 0 fully saturated rings. The van der Waals surface area contributed by atoms with Crippen LogP contribution in [0.3, 0.4) is 0 Å². The average Bonchev–Trinajstić information content (AvgIpc) is 3.23. The predicted octanol–water partition coefficient (Wildman–Crippen LogP) is 6.79. The standard InChI is InChI=1S/C28H19N3O/c32-28(21-10-9-18-5-1-2-6-20(18)17-21)30-22-13-11-19(12-14-22)26-27-24(15-16-29-26)23-7-3-4-8-25(23)31-27/h1-17,31H,(H,30,32). The zero-order valence-electron chi connectivity index (χ0n) is 17.2. The maximum atomic E-state index is 12.8. The summed E-state index contributed by atoms with van der Waals surface area (Å²) < 4.78 is 0. The predicted molar refractivity (Wildman–Crippen MR) is 131 cm³/mol. The van der Waals surface area contributed by atoms with Crippen LogP contribution in [0, 0.1) is 0 Å². The fourth-order valence-corrected chi connectivity index (χ4v) is 4.24. The summed E-state index contributed by atoms with van der Waals surface area (Å²) in [7, 11) is 0. The number of pyridine rings is 1. The Kier molecular flexibility index (Phi) is 4.22. The Labute approximate surface area is 184 Å². The molecule has 0 aliphatic carbocycles. The fraction of sp³-hybridized carbons (Fsp3) is 0. The van der Waals surface area contributed by atoms with Crippen molar-refractivity contribution in [2.75, 3.05) is 5.32 Å². The second-order valence-electron chi connectivity index (χ2n) is 7.85. The molecule has 0 saturated heterocycles. The molecule has 2 N–H and O–H groups in total. The van der Waals surface area contributed by atoms with Gasteiger partial charge in [-0.3, -0.25) is 9.78 Å². The van der Waals surface area contributed by atoms with Crippen molar-refractivity contribution in [1.82, 2.24) is 9.97 Å². The number of aromatic nitrogens is 2. The average molecular weight is 413 g/mol. The minimum atomic E-state index is -0.126. The van der Waals surface area contributed by atoms with Gasteiger partial charge < -0.3 is 10.3 Å². The van der Waals surface area contributed by atoms with E-state index in [1.54, 1.807) is 0 Å². The summed E-state index contributed by atoms with van der Waals surface area (Å²) in [6, 6.07) is 31.9. The summed E-state index contributed by atoms with van der Waals surface area (Å²) in [5.41, 5.74) is 5.38. The van der Waals surface area contributed by atoms with Crippen LogP contribution in [0.4, 0.5) is 5.69 Å². The minimum absolute atomic E-state index is 0.126. The molecule has 32 heavy (non-hydrogen) atoms. The number of para-hydroxylation sites is 1. The van der Waals surface area contributed by atoms with Crippen LogP contribution in [-0.2, 0) is 0 Å². The number of carbonyl (C=O) groups is 1. The highest BCUT2D eigenvalue weighted by Gasteiger charge is 2.11. The molecule has 1 amide bonds. The summed E-state index contributed by atoms with van der Waals surface area (Å²) in [4.78, 5) is 20.9.